The van der Waals surface area contributed by atoms with E-state index in [0.29, 0.717) is 0 Å². The molecule has 1 N–H and O–H groups in total. The number of hydrogen-bond acceptors (Lipinski definition) is 2. The summed E-state index contributed by atoms with van der Waals surface area (Å²) in [7, 11) is 0. The predicted octanol–water partition coefficient (Wildman–Crippen LogP) is 0.671. The predicted molar refractivity (Wildman–Crippen MR) is 29.0 cm³/mol. The Morgan fingerprint density at radius 3 is 2.50 bits per heavy atom. The lowest BCUT2D eigenvalue weighted by Crippen LogP contribution is -2.09. The fourth-order valence-electron chi connectivity index (χ4n) is 1.09. The van der Waals surface area contributed by atoms with Crippen molar-refractivity contribution in [1.82, 2.24) is 0 Å². The van der Waals surface area contributed by atoms with E-state index in [-0.39, 0.29) is 12.0 Å². The van der Waals surface area contributed by atoms with Crippen LogP contribution < -0.4 is 0 Å². The molecule has 1 unspecified atom stereocenters. The molecule has 1 aliphatic carbocycles. The first-order valence-electron chi connectivity index (χ1n) is 2.92. The number of rotatable bonds is 0. The summed E-state index contributed by atoms with van der Waals surface area (Å²) in [6.07, 6.45) is 2.38. The maximum absolute atomic E-state index is 8.97. The van der Waals surface area contributed by atoms with Crippen LogP contribution in [-0.4, -0.2) is 11.2 Å². The van der Waals surface area contributed by atoms with Crippen LogP contribution in [0.3, 0.4) is 0 Å². The molecule has 0 aromatic heterocycles. The molecule has 0 heterocycles. The molecule has 44 valence electrons. The molecule has 0 aromatic rings. The van der Waals surface area contributed by atoms with Crippen LogP contribution in [0.1, 0.15) is 19.3 Å². The lowest BCUT2D eigenvalue weighted by molar-refractivity contribution is 0.156. The van der Waals surface area contributed by atoms with Crippen molar-refractivity contribution in [2.45, 2.75) is 25.4 Å². The Kier molecular flexibility index (Phi) is 1.50. The summed E-state index contributed by atoms with van der Waals surface area (Å²) in [5.74, 6) is -0.0741. The van der Waals surface area contributed by atoms with Crippen LogP contribution in [0.15, 0.2) is 0 Å². The first-order chi connectivity index (χ1) is 3.84. The van der Waals surface area contributed by atoms with Crippen LogP contribution in [-0.2, 0) is 0 Å². The fourth-order valence-corrected chi connectivity index (χ4v) is 1.09. The second-order valence-corrected chi connectivity index (χ2v) is 2.23. The first-order valence-corrected chi connectivity index (χ1v) is 2.92. The molecule has 1 fully saturated rings. The van der Waals surface area contributed by atoms with Gasteiger partial charge in [-0.25, -0.2) is 0 Å². The zero-order valence-corrected chi connectivity index (χ0v) is 4.67. The van der Waals surface area contributed by atoms with E-state index in [9.17, 15) is 0 Å². The van der Waals surface area contributed by atoms with Crippen molar-refractivity contribution in [3.8, 4) is 6.07 Å². The van der Waals surface area contributed by atoms with Gasteiger partial charge in [-0.3, -0.25) is 0 Å². The minimum Gasteiger partial charge on any atom is -0.392 e. The number of aliphatic hydroxyl groups is 1. The van der Waals surface area contributed by atoms with Crippen LogP contribution in [0.25, 0.3) is 0 Å². The van der Waals surface area contributed by atoms with Gasteiger partial charge in [0.25, 0.3) is 0 Å². The van der Waals surface area contributed by atoms with E-state index in [1.165, 1.54) is 0 Å². The Bertz CT molecular complexity index is 116. The molecule has 0 spiro atoms. The van der Waals surface area contributed by atoms with E-state index in [1.54, 1.807) is 0 Å². The molecule has 0 aliphatic heterocycles. The molecule has 1 saturated carbocycles. The molecule has 2 atom stereocenters. The van der Waals surface area contributed by atoms with Gasteiger partial charge in [0.2, 0.25) is 0 Å². The molecule has 8 heavy (non-hydrogen) atoms. The van der Waals surface area contributed by atoms with Gasteiger partial charge in [-0.05, 0) is 19.3 Å². The summed E-state index contributed by atoms with van der Waals surface area (Å²) >= 11 is 0. The molecule has 1 aliphatic rings. The Hall–Kier alpha value is -0.550. The zero-order valence-electron chi connectivity index (χ0n) is 4.67. The van der Waals surface area contributed by atoms with E-state index in [4.69, 9.17) is 10.4 Å². The molecular formula is C6H9NO. The van der Waals surface area contributed by atoms with Gasteiger partial charge < -0.3 is 5.11 Å². The van der Waals surface area contributed by atoms with Gasteiger partial charge in [0.15, 0.2) is 0 Å². The maximum atomic E-state index is 8.97. The van der Waals surface area contributed by atoms with E-state index in [2.05, 4.69) is 6.07 Å². The summed E-state index contributed by atoms with van der Waals surface area (Å²) in [6.45, 7) is 0. The van der Waals surface area contributed by atoms with Gasteiger partial charge in [-0.15, -0.1) is 0 Å². The van der Waals surface area contributed by atoms with Crippen molar-refractivity contribution < 1.29 is 5.11 Å². The number of hydrogen-bond donors (Lipinski definition) is 1. The van der Waals surface area contributed by atoms with Crippen molar-refractivity contribution in [1.29, 1.82) is 5.26 Å². The molecular weight excluding hydrogens is 102 g/mol. The highest BCUT2D eigenvalue weighted by atomic mass is 16.3. The average molecular weight is 111 g/mol. The Balaban J connectivity index is 2.45. The van der Waals surface area contributed by atoms with Gasteiger partial charge >= 0.3 is 0 Å². The molecule has 0 bridgehead atoms. The monoisotopic (exact) mass is 111 g/mol. The number of nitriles is 1. The summed E-state index contributed by atoms with van der Waals surface area (Å²) < 4.78 is 0. The second-order valence-electron chi connectivity index (χ2n) is 2.23. The largest absolute Gasteiger partial charge is 0.392 e. The van der Waals surface area contributed by atoms with E-state index in [0.717, 1.165) is 19.3 Å². The molecule has 0 radical (unpaired) electrons. The van der Waals surface area contributed by atoms with Crippen LogP contribution in [0.4, 0.5) is 0 Å². The highest BCUT2D eigenvalue weighted by Gasteiger charge is 2.24. The molecule has 2 heteroatoms. The van der Waals surface area contributed by atoms with Gasteiger partial charge in [-0.2, -0.15) is 5.26 Å². The fraction of sp³-hybridized carbons (Fsp3) is 0.833. The Labute approximate surface area is 48.7 Å². The van der Waals surface area contributed by atoms with Crippen molar-refractivity contribution in [3.63, 3.8) is 0 Å². The average Bonchev–Trinajstić information content (AvgIpc) is 2.14. The SMILES string of the molecule is N#CC1CCC[C@H]1O. The first kappa shape index (κ1) is 5.58. The standard InChI is InChI=1S/C6H9NO/c7-4-5-2-1-3-6(5)8/h5-6,8H,1-3H2/t5?,6-/m1/s1. The van der Waals surface area contributed by atoms with Crippen molar-refractivity contribution in [3.05, 3.63) is 0 Å². The van der Waals surface area contributed by atoms with Gasteiger partial charge in [0.05, 0.1) is 18.1 Å². The molecule has 2 nitrogen and oxygen atoms in total. The van der Waals surface area contributed by atoms with Crippen LogP contribution in [0, 0.1) is 17.2 Å². The topological polar surface area (TPSA) is 44.0 Å². The Morgan fingerprint density at radius 2 is 2.25 bits per heavy atom. The third-order valence-corrected chi connectivity index (χ3v) is 1.65. The van der Waals surface area contributed by atoms with E-state index in [1.807, 2.05) is 0 Å². The van der Waals surface area contributed by atoms with Gasteiger partial charge in [0, 0.05) is 0 Å². The highest BCUT2D eigenvalue weighted by molar-refractivity contribution is 4.92. The Morgan fingerprint density at radius 1 is 1.50 bits per heavy atom. The summed E-state index contributed by atoms with van der Waals surface area (Å²) in [4.78, 5) is 0. The van der Waals surface area contributed by atoms with Crippen molar-refractivity contribution >= 4 is 0 Å². The van der Waals surface area contributed by atoms with Gasteiger partial charge in [0.1, 0.15) is 0 Å². The lowest BCUT2D eigenvalue weighted by Gasteiger charge is -2.01. The molecule has 0 saturated heterocycles. The molecule has 0 amide bonds. The number of nitrogens with zero attached hydrogens (tertiary/aromatic N) is 1. The minimum absolute atomic E-state index is 0.0741. The third-order valence-electron chi connectivity index (χ3n) is 1.65. The number of aliphatic hydroxyl groups excluding tert-OH is 1. The van der Waals surface area contributed by atoms with Gasteiger partial charge in [-0.1, -0.05) is 0 Å². The highest BCUT2D eigenvalue weighted by Crippen LogP contribution is 2.23. The quantitative estimate of drug-likeness (QED) is 0.499. The normalized spacial score (nSPS) is 37.0. The molecule has 1 rings (SSSR count). The summed E-state index contributed by atoms with van der Waals surface area (Å²) in [6, 6.07) is 2.06. The second kappa shape index (κ2) is 2.15. The lowest BCUT2D eigenvalue weighted by atomic mass is 10.1. The van der Waals surface area contributed by atoms with Crippen molar-refractivity contribution in [2.75, 3.05) is 0 Å². The van der Waals surface area contributed by atoms with Crippen LogP contribution >= 0.6 is 0 Å². The smallest absolute Gasteiger partial charge is 0.0722 e. The van der Waals surface area contributed by atoms with Crippen LogP contribution in [0.5, 0.6) is 0 Å². The third kappa shape index (κ3) is 0.823. The summed E-state index contributed by atoms with van der Waals surface area (Å²) in [5.41, 5.74) is 0. The van der Waals surface area contributed by atoms with E-state index < -0.39 is 0 Å². The van der Waals surface area contributed by atoms with Crippen LogP contribution in [0.2, 0.25) is 0 Å². The minimum atomic E-state index is -0.333. The van der Waals surface area contributed by atoms with E-state index >= 15 is 0 Å². The van der Waals surface area contributed by atoms with Crippen molar-refractivity contribution in [2.24, 2.45) is 5.92 Å². The summed E-state index contributed by atoms with van der Waals surface area (Å²) in [5, 5.41) is 17.3. The maximum Gasteiger partial charge on any atom is 0.0722 e. The zero-order chi connectivity index (χ0) is 5.98. The molecule has 0 aromatic carbocycles.